The van der Waals surface area contributed by atoms with Gasteiger partial charge in [0.15, 0.2) is 11.7 Å². The van der Waals surface area contributed by atoms with Gasteiger partial charge in [0.2, 0.25) is 0 Å². The Labute approximate surface area is 165 Å². The zero-order valence-corrected chi connectivity index (χ0v) is 17.1. The first-order chi connectivity index (χ1) is 11.3. The van der Waals surface area contributed by atoms with Crippen LogP contribution >= 0.6 is 35.3 Å². The molecule has 0 saturated carbocycles. The average molecular weight is 488 g/mol. The number of alkyl halides is 3. The van der Waals surface area contributed by atoms with Crippen molar-refractivity contribution in [2.24, 2.45) is 4.99 Å². The van der Waals surface area contributed by atoms with Crippen molar-refractivity contribution in [2.75, 3.05) is 13.6 Å². The van der Waals surface area contributed by atoms with E-state index in [0.717, 1.165) is 28.2 Å². The van der Waals surface area contributed by atoms with E-state index in [-0.39, 0.29) is 30.0 Å². The van der Waals surface area contributed by atoms with E-state index in [1.54, 1.807) is 7.05 Å². The highest BCUT2D eigenvalue weighted by Gasteiger charge is 2.33. The van der Waals surface area contributed by atoms with Crippen LogP contribution in [0.2, 0.25) is 0 Å². The predicted molar refractivity (Wildman–Crippen MR) is 103 cm³/mol. The highest BCUT2D eigenvalue weighted by molar-refractivity contribution is 14.0. The number of nitrogens with one attached hydrogen (secondary N) is 2. The van der Waals surface area contributed by atoms with Crippen LogP contribution in [0.15, 0.2) is 26.9 Å². The lowest BCUT2D eigenvalue weighted by Crippen LogP contribution is -2.39. The molecule has 2 aromatic heterocycles. The van der Waals surface area contributed by atoms with Gasteiger partial charge < -0.3 is 15.1 Å². The van der Waals surface area contributed by atoms with Crippen LogP contribution < -0.4 is 10.6 Å². The fraction of sp³-hybridized carbons (Fsp3) is 0.467. The van der Waals surface area contributed by atoms with Crippen LogP contribution in [0.4, 0.5) is 13.2 Å². The Morgan fingerprint density at radius 3 is 2.64 bits per heavy atom. The Balaban J connectivity index is 0.00000312. The highest BCUT2D eigenvalue weighted by atomic mass is 127. The summed E-state index contributed by atoms with van der Waals surface area (Å²) in [5, 5.41) is 7.68. The van der Waals surface area contributed by atoms with Gasteiger partial charge in [0.25, 0.3) is 0 Å². The number of thiazole rings is 1. The number of nitrogens with zero attached hydrogens (tertiary/aromatic N) is 2. The van der Waals surface area contributed by atoms with Crippen molar-refractivity contribution in [3.05, 3.63) is 39.7 Å². The van der Waals surface area contributed by atoms with E-state index < -0.39 is 11.9 Å². The monoisotopic (exact) mass is 488 g/mol. The zero-order chi connectivity index (χ0) is 17.7. The summed E-state index contributed by atoms with van der Waals surface area (Å²) in [4.78, 5) is 7.69. The van der Waals surface area contributed by atoms with Crippen molar-refractivity contribution >= 4 is 41.3 Å². The molecule has 10 heteroatoms. The lowest BCUT2D eigenvalue weighted by molar-refractivity contribution is -0.140. The largest absolute Gasteiger partial charge is 0.464 e. The summed E-state index contributed by atoms with van der Waals surface area (Å²) in [6.45, 7) is 4.22. The maximum absolute atomic E-state index is 12.5. The average Bonchev–Trinajstić information content (AvgIpc) is 3.14. The Morgan fingerprint density at radius 2 is 2.12 bits per heavy atom. The van der Waals surface area contributed by atoms with Crippen LogP contribution in [0.1, 0.15) is 35.2 Å². The van der Waals surface area contributed by atoms with E-state index in [1.807, 2.05) is 26.0 Å². The molecule has 0 spiro atoms. The van der Waals surface area contributed by atoms with E-state index in [2.05, 4.69) is 20.6 Å². The Bertz CT molecular complexity index is 699. The maximum atomic E-state index is 12.5. The molecule has 0 saturated heterocycles. The molecule has 0 fully saturated rings. The molecule has 1 unspecified atom stereocenters. The second-order valence-corrected chi connectivity index (χ2v) is 6.13. The first kappa shape index (κ1) is 21.7. The molecular formula is C15H20F3IN4OS. The topological polar surface area (TPSA) is 62.5 Å². The smallest absolute Gasteiger partial charge is 0.434 e. The molecule has 0 aliphatic heterocycles. The molecule has 2 rings (SSSR count). The lowest BCUT2D eigenvalue weighted by Gasteiger charge is -2.16. The number of aliphatic imine (C=N–C) groups is 1. The molecule has 0 aliphatic carbocycles. The van der Waals surface area contributed by atoms with E-state index >= 15 is 0 Å². The van der Waals surface area contributed by atoms with Gasteiger partial charge in [-0.25, -0.2) is 4.98 Å². The van der Waals surface area contributed by atoms with E-state index in [0.29, 0.717) is 23.9 Å². The second kappa shape index (κ2) is 9.41. The summed E-state index contributed by atoms with van der Waals surface area (Å²) in [5.74, 6) is 2.15. The first-order valence-corrected chi connectivity index (χ1v) is 8.22. The van der Waals surface area contributed by atoms with Crippen LogP contribution in [0.3, 0.4) is 0 Å². The van der Waals surface area contributed by atoms with Crippen LogP contribution in [-0.2, 0) is 12.6 Å². The van der Waals surface area contributed by atoms with Gasteiger partial charge in [0.05, 0.1) is 11.0 Å². The summed E-state index contributed by atoms with van der Waals surface area (Å²) < 4.78 is 43.0. The first-order valence-electron chi connectivity index (χ1n) is 7.34. The summed E-state index contributed by atoms with van der Waals surface area (Å²) in [6, 6.07) is 3.68. The van der Waals surface area contributed by atoms with Crippen molar-refractivity contribution in [1.82, 2.24) is 15.6 Å². The minimum absolute atomic E-state index is 0. The Kier molecular flexibility index (Phi) is 8.19. The van der Waals surface area contributed by atoms with Gasteiger partial charge in [-0.1, -0.05) is 0 Å². The summed E-state index contributed by atoms with van der Waals surface area (Å²) >= 11 is 1.00. The molecule has 0 amide bonds. The van der Waals surface area contributed by atoms with E-state index in [4.69, 9.17) is 4.42 Å². The van der Waals surface area contributed by atoms with Gasteiger partial charge >= 0.3 is 6.18 Å². The number of halogens is 4. The molecule has 2 heterocycles. The van der Waals surface area contributed by atoms with Gasteiger partial charge in [-0.3, -0.25) is 4.99 Å². The second-order valence-electron chi connectivity index (χ2n) is 5.19. The van der Waals surface area contributed by atoms with Crippen molar-refractivity contribution in [3.63, 3.8) is 0 Å². The van der Waals surface area contributed by atoms with E-state index in [1.165, 1.54) is 0 Å². The molecule has 2 N–H and O–H groups in total. The number of aromatic nitrogens is 1. The number of rotatable bonds is 5. The molecule has 140 valence electrons. The molecule has 25 heavy (non-hydrogen) atoms. The minimum Gasteiger partial charge on any atom is -0.464 e. The Morgan fingerprint density at radius 1 is 1.40 bits per heavy atom. The van der Waals surface area contributed by atoms with Gasteiger partial charge in [-0.15, -0.1) is 35.3 Å². The highest BCUT2D eigenvalue weighted by Crippen LogP contribution is 2.30. The van der Waals surface area contributed by atoms with Crippen LogP contribution in [0.25, 0.3) is 0 Å². The third-order valence-corrected chi connectivity index (χ3v) is 4.15. The molecule has 0 aromatic carbocycles. The number of furan rings is 1. The third-order valence-electron chi connectivity index (χ3n) is 3.24. The van der Waals surface area contributed by atoms with Gasteiger partial charge in [0.1, 0.15) is 11.5 Å². The summed E-state index contributed by atoms with van der Waals surface area (Å²) in [6.07, 6.45) is -4.01. The fourth-order valence-electron chi connectivity index (χ4n) is 2.00. The molecule has 0 bridgehead atoms. The van der Waals surface area contributed by atoms with Gasteiger partial charge in [0, 0.05) is 25.4 Å². The van der Waals surface area contributed by atoms with Gasteiger partial charge in [-0.05, 0) is 26.0 Å². The van der Waals surface area contributed by atoms with Crippen LogP contribution in [0, 0.1) is 6.92 Å². The van der Waals surface area contributed by atoms with Crippen LogP contribution in [-0.4, -0.2) is 24.5 Å². The summed E-state index contributed by atoms with van der Waals surface area (Å²) in [5.41, 5.74) is -0.841. The number of guanidine groups is 1. The normalized spacial score (nSPS) is 13.3. The summed E-state index contributed by atoms with van der Waals surface area (Å²) in [7, 11) is 1.63. The molecule has 5 nitrogen and oxygen atoms in total. The lowest BCUT2D eigenvalue weighted by atomic mass is 10.2. The molecule has 2 aromatic rings. The fourth-order valence-corrected chi connectivity index (χ4v) is 2.81. The van der Waals surface area contributed by atoms with Crippen LogP contribution in [0.5, 0.6) is 0 Å². The number of hydrogen-bond acceptors (Lipinski definition) is 4. The third kappa shape index (κ3) is 6.49. The van der Waals surface area contributed by atoms with Gasteiger partial charge in [-0.2, -0.15) is 13.2 Å². The maximum Gasteiger partial charge on any atom is 0.434 e. The number of hydrogen-bond donors (Lipinski definition) is 2. The molecule has 0 radical (unpaired) electrons. The van der Waals surface area contributed by atoms with Crippen molar-refractivity contribution in [3.8, 4) is 0 Å². The SMILES string of the molecule is CN=C(NCCc1nc(C(F)(F)F)cs1)NC(C)c1ccc(C)o1.I. The van der Waals surface area contributed by atoms with Crippen molar-refractivity contribution < 1.29 is 17.6 Å². The number of aryl methyl sites for hydroxylation is 1. The molecular weight excluding hydrogens is 468 g/mol. The molecule has 0 aliphatic rings. The van der Waals surface area contributed by atoms with Crippen molar-refractivity contribution in [2.45, 2.75) is 32.5 Å². The molecule has 1 atom stereocenters. The Hall–Kier alpha value is -1.30. The van der Waals surface area contributed by atoms with Crippen molar-refractivity contribution in [1.29, 1.82) is 0 Å². The zero-order valence-electron chi connectivity index (χ0n) is 14.0. The predicted octanol–water partition coefficient (Wildman–Crippen LogP) is 4.15. The van der Waals surface area contributed by atoms with E-state index in [9.17, 15) is 13.2 Å². The quantitative estimate of drug-likeness (QED) is 0.377. The minimum atomic E-state index is -4.39. The standard InChI is InChI=1S/C15H19F3N4OS.HI/c1-9-4-5-11(23-9)10(2)21-14(19-3)20-7-6-13-22-12(8-24-13)15(16,17)18;/h4-5,8,10H,6-7H2,1-3H3,(H2,19,20,21);1H.